The second-order valence-electron chi connectivity index (χ2n) is 5.75. The average molecular weight is 275 g/mol. The van der Waals surface area contributed by atoms with Gasteiger partial charge in [0.25, 0.3) is 10.2 Å². The highest BCUT2D eigenvalue weighted by molar-refractivity contribution is 7.86. The molecule has 0 bridgehead atoms. The maximum absolute atomic E-state index is 12.5. The Kier molecular flexibility index (Phi) is 4.31. The largest absolute Gasteiger partial charge is 0.329 e. The molecule has 0 aromatic heterocycles. The van der Waals surface area contributed by atoms with Crippen LogP contribution < -0.4 is 5.73 Å². The van der Waals surface area contributed by atoms with E-state index in [2.05, 4.69) is 6.92 Å². The summed E-state index contributed by atoms with van der Waals surface area (Å²) in [6, 6.07) is -0.0191. The van der Waals surface area contributed by atoms with Crippen molar-refractivity contribution in [1.29, 1.82) is 0 Å². The Hall–Kier alpha value is -0.170. The maximum Gasteiger partial charge on any atom is 0.282 e. The molecule has 6 heteroatoms. The fourth-order valence-corrected chi connectivity index (χ4v) is 4.32. The number of hydrogen-bond acceptors (Lipinski definition) is 3. The molecule has 0 aromatic carbocycles. The van der Waals surface area contributed by atoms with Crippen molar-refractivity contribution in [2.75, 3.05) is 26.7 Å². The zero-order valence-electron chi connectivity index (χ0n) is 11.4. The minimum atomic E-state index is -3.32. The second-order valence-corrected chi connectivity index (χ2v) is 7.73. The normalized spacial score (nSPS) is 25.6. The highest BCUT2D eigenvalue weighted by Crippen LogP contribution is 2.36. The van der Waals surface area contributed by atoms with Crippen LogP contribution >= 0.6 is 0 Å². The molecular formula is C12H25N3O2S. The molecule has 2 aliphatic rings. The number of likely N-dealkylation sites (N-methyl/N-ethyl adjacent to an activating group) is 1. The number of nitrogens with two attached hydrogens (primary N) is 1. The summed E-state index contributed by atoms with van der Waals surface area (Å²) < 4.78 is 28.2. The van der Waals surface area contributed by atoms with Crippen LogP contribution in [-0.2, 0) is 10.2 Å². The predicted molar refractivity (Wildman–Crippen MR) is 72.2 cm³/mol. The zero-order chi connectivity index (χ0) is 13.3. The summed E-state index contributed by atoms with van der Waals surface area (Å²) >= 11 is 0. The molecule has 2 fully saturated rings. The van der Waals surface area contributed by atoms with Crippen LogP contribution in [0, 0.1) is 11.8 Å². The van der Waals surface area contributed by atoms with Crippen LogP contribution in [0.3, 0.4) is 0 Å². The molecule has 1 aliphatic carbocycles. The average Bonchev–Trinajstić information content (AvgIpc) is 3.15. The fourth-order valence-electron chi connectivity index (χ4n) is 2.69. The Morgan fingerprint density at radius 3 is 2.28 bits per heavy atom. The molecule has 1 heterocycles. The van der Waals surface area contributed by atoms with E-state index in [9.17, 15) is 8.42 Å². The van der Waals surface area contributed by atoms with Gasteiger partial charge in [0.2, 0.25) is 0 Å². The number of nitrogens with zero attached hydrogens (tertiary/aromatic N) is 2. The first kappa shape index (κ1) is 14.2. The van der Waals surface area contributed by atoms with E-state index in [1.165, 1.54) is 4.31 Å². The van der Waals surface area contributed by atoms with Crippen LogP contribution in [-0.4, -0.2) is 49.8 Å². The van der Waals surface area contributed by atoms with Gasteiger partial charge in [0.1, 0.15) is 0 Å². The van der Waals surface area contributed by atoms with Gasteiger partial charge >= 0.3 is 0 Å². The van der Waals surface area contributed by atoms with Gasteiger partial charge in [-0.25, -0.2) is 0 Å². The molecule has 18 heavy (non-hydrogen) atoms. The van der Waals surface area contributed by atoms with E-state index >= 15 is 0 Å². The minimum absolute atomic E-state index is 0.0191. The molecule has 1 atom stereocenters. The lowest BCUT2D eigenvalue weighted by molar-refractivity contribution is 0.251. The van der Waals surface area contributed by atoms with Crippen LogP contribution in [0.1, 0.15) is 32.6 Å². The predicted octanol–water partition coefficient (Wildman–Crippen LogP) is 0.632. The molecule has 5 nitrogen and oxygen atoms in total. The Balaban J connectivity index is 2.04. The Morgan fingerprint density at radius 1 is 1.28 bits per heavy atom. The zero-order valence-corrected chi connectivity index (χ0v) is 12.2. The second kappa shape index (κ2) is 5.45. The topological polar surface area (TPSA) is 66.6 Å². The summed E-state index contributed by atoms with van der Waals surface area (Å²) in [4.78, 5) is 0. The summed E-state index contributed by atoms with van der Waals surface area (Å²) in [5.41, 5.74) is 5.74. The van der Waals surface area contributed by atoms with Gasteiger partial charge in [0, 0.05) is 32.7 Å². The maximum atomic E-state index is 12.5. The number of piperidine rings is 1. The SMILES string of the molecule is CC1CCN(S(=O)(=O)N(C)C(CN)C2CC2)CC1. The van der Waals surface area contributed by atoms with Crippen LogP contribution in [0.25, 0.3) is 0 Å². The Morgan fingerprint density at radius 2 is 1.83 bits per heavy atom. The van der Waals surface area contributed by atoms with Gasteiger partial charge in [-0.1, -0.05) is 6.92 Å². The molecule has 0 radical (unpaired) electrons. The Bertz CT molecular complexity index is 373. The summed E-state index contributed by atoms with van der Waals surface area (Å²) in [6.45, 7) is 3.90. The van der Waals surface area contributed by atoms with Gasteiger partial charge in [-0.05, 0) is 37.5 Å². The standard InChI is InChI=1S/C12H25N3O2S/c1-10-5-7-15(8-6-10)18(16,17)14(2)12(9-13)11-3-4-11/h10-12H,3-9,13H2,1-2H3. The molecule has 0 aromatic rings. The lowest BCUT2D eigenvalue weighted by Gasteiger charge is -2.35. The molecule has 2 N–H and O–H groups in total. The third-order valence-electron chi connectivity index (χ3n) is 4.31. The quantitative estimate of drug-likeness (QED) is 0.800. The van der Waals surface area contributed by atoms with Crippen molar-refractivity contribution in [3.05, 3.63) is 0 Å². The fraction of sp³-hybridized carbons (Fsp3) is 1.00. The van der Waals surface area contributed by atoms with E-state index in [0.717, 1.165) is 25.7 Å². The number of rotatable bonds is 5. The van der Waals surface area contributed by atoms with Crippen LogP contribution in [0.2, 0.25) is 0 Å². The van der Waals surface area contributed by atoms with E-state index in [4.69, 9.17) is 5.73 Å². The van der Waals surface area contributed by atoms with Crippen LogP contribution in [0.4, 0.5) is 0 Å². The van der Waals surface area contributed by atoms with E-state index in [-0.39, 0.29) is 6.04 Å². The van der Waals surface area contributed by atoms with Crippen molar-refractivity contribution in [1.82, 2.24) is 8.61 Å². The lowest BCUT2D eigenvalue weighted by atomic mass is 10.0. The number of hydrogen-bond donors (Lipinski definition) is 1. The molecule has 1 saturated heterocycles. The highest BCUT2D eigenvalue weighted by atomic mass is 32.2. The molecule has 1 unspecified atom stereocenters. The third-order valence-corrected chi connectivity index (χ3v) is 6.32. The lowest BCUT2D eigenvalue weighted by Crippen LogP contribution is -2.51. The molecule has 1 aliphatic heterocycles. The monoisotopic (exact) mass is 275 g/mol. The molecule has 1 saturated carbocycles. The van der Waals surface area contributed by atoms with E-state index in [0.29, 0.717) is 31.5 Å². The first-order chi connectivity index (χ1) is 8.46. The van der Waals surface area contributed by atoms with Gasteiger partial charge < -0.3 is 5.73 Å². The van der Waals surface area contributed by atoms with E-state index in [1.807, 2.05) is 0 Å². The van der Waals surface area contributed by atoms with Crippen molar-refractivity contribution >= 4 is 10.2 Å². The first-order valence-electron chi connectivity index (χ1n) is 6.90. The van der Waals surface area contributed by atoms with Crippen LogP contribution in [0.15, 0.2) is 0 Å². The molecular weight excluding hydrogens is 250 g/mol. The summed E-state index contributed by atoms with van der Waals surface area (Å²) in [5.74, 6) is 1.11. The molecule has 106 valence electrons. The minimum Gasteiger partial charge on any atom is -0.329 e. The van der Waals surface area contributed by atoms with Crippen molar-refractivity contribution < 1.29 is 8.42 Å². The van der Waals surface area contributed by atoms with Gasteiger partial charge in [0.15, 0.2) is 0 Å². The van der Waals surface area contributed by atoms with E-state index < -0.39 is 10.2 Å². The first-order valence-corrected chi connectivity index (χ1v) is 8.29. The molecule has 0 amide bonds. The Labute approximate surface area is 110 Å². The summed E-state index contributed by atoms with van der Waals surface area (Å²) in [7, 11) is -1.63. The van der Waals surface area contributed by atoms with Gasteiger partial charge in [-0.2, -0.15) is 17.0 Å². The molecule has 0 spiro atoms. The molecule has 2 rings (SSSR count). The van der Waals surface area contributed by atoms with Crippen molar-refractivity contribution in [3.63, 3.8) is 0 Å². The smallest absolute Gasteiger partial charge is 0.282 e. The highest BCUT2D eigenvalue weighted by Gasteiger charge is 2.40. The van der Waals surface area contributed by atoms with Crippen molar-refractivity contribution in [2.24, 2.45) is 17.6 Å². The van der Waals surface area contributed by atoms with Gasteiger partial charge in [-0.15, -0.1) is 0 Å². The van der Waals surface area contributed by atoms with Crippen LogP contribution in [0.5, 0.6) is 0 Å². The van der Waals surface area contributed by atoms with Gasteiger partial charge in [0.05, 0.1) is 0 Å². The van der Waals surface area contributed by atoms with Crippen molar-refractivity contribution in [2.45, 2.75) is 38.6 Å². The summed E-state index contributed by atoms with van der Waals surface area (Å²) in [5, 5.41) is 0. The van der Waals surface area contributed by atoms with Crippen molar-refractivity contribution in [3.8, 4) is 0 Å². The third kappa shape index (κ3) is 2.87. The summed E-state index contributed by atoms with van der Waals surface area (Å²) in [6.07, 6.45) is 4.14. The van der Waals surface area contributed by atoms with Gasteiger partial charge in [-0.3, -0.25) is 0 Å². The van der Waals surface area contributed by atoms with E-state index in [1.54, 1.807) is 11.4 Å².